The van der Waals surface area contributed by atoms with Crippen LogP contribution in [-0.4, -0.2) is 20.9 Å². The van der Waals surface area contributed by atoms with Gasteiger partial charge in [-0.25, -0.2) is 12.8 Å². The standard InChI is InChI=1S/C27H23FN2O4S/c28-22-11-15-25(16-12-22)34-20-27(31)29-23-13-17-26(18-14-23)35(32,33)30(24-9-5-2-6-10-24)19-21-7-3-1-4-8-21/h1-18H,19-20H2,(H,29,31). The Bertz CT molecular complexity index is 1360. The fourth-order valence-electron chi connectivity index (χ4n) is 3.37. The molecule has 0 spiro atoms. The van der Waals surface area contributed by atoms with Crippen molar-refractivity contribution in [3.63, 3.8) is 0 Å². The summed E-state index contributed by atoms with van der Waals surface area (Å²) in [6, 6.07) is 29.5. The number of anilines is 2. The second-order valence-electron chi connectivity index (χ2n) is 7.65. The Morgan fingerprint density at radius 1 is 0.800 bits per heavy atom. The van der Waals surface area contributed by atoms with E-state index in [0.29, 0.717) is 17.1 Å². The molecule has 4 rings (SSSR count). The average Bonchev–Trinajstić information content (AvgIpc) is 2.88. The molecule has 0 fully saturated rings. The predicted octanol–water partition coefficient (Wildman–Crippen LogP) is 5.24. The van der Waals surface area contributed by atoms with Crippen molar-refractivity contribution in [2.45, 2.75) is 11.4 Å². The van der Waals surface area contributed by atoms with E-state index in [0.717, 1.165) is 5.56 Å². The molecule has 1 N–H and O–H groups in total. The van der Waals surface area contributed by atoms with E-state index in [1.54, 1.807) is 24.3 Å². The van der Waals surface area contributed by atoms with E-state index in [1.807, 2.05) is 36.4 Å². The molecule has 0 heterocycles. The highest BCUT2D eigenvalue weighted by molar-refractivity contribution is 7.92. The van der Waals surface area contributed by atoms with Gasteiger partial charge in [0, 0.05) is 5.69 Å². The van der Waals surface area contributed by atoms with Crippen molar-refractivity contribution >= 4 is 27.3 Å². The number of hydrogen-bond acceptors (Lipinski definition) is 4. The van der Waals surface area contributed by atoms with E-state index in [2.05, 4.69) is 5.32 Å². The first kappa shape index (κ1) is 24.0. The highest BCUT2D eigenvalue weighted by Crippen LogP contribution is 2.26. The van der Waals surface area contributed by atoms with Crippen molar-refractivity contribution < 1.29 is 22.3 Å². The lowest BCUT2D eigenvalue weighted by Gasteiger charge is -2.25. The second-order valence-corrected chi connectivity index (χ2v) is 9.51. The predicted molar refractivity (Wildman–Crippen MR) is 133 cm³/mol. The van der Waals surface area contributed by atoms with Crippen LogP contribution in [0.4, 0.5) is 15.8 Å². The van der Waals surface area contributed by atoms with Gasteiger partial charge in [-0.3, -0.25) is 9.10 Å². The number of ether oxygens (including phenoxy) is 1. The maximum atomic E-state index is 13.5. The number of rotatable bonds is 9. The maximum absolute atomic E-state index is 13.5. The van der Waals surface area contributed by atoms with Crippen LogP contribution in [0.25, 0.3) is 0 Å². The molecular formula is C27H23FN2O4S. The van der Waals surface area contributed by atoms with Crippen molar-refractivity contribution in [3.05, 3.63) is 121 Å². The fraction of sp³-hybridized carbons (Fsp3) is 0.0741. The minimum absolute atomic E-state index is 0.0952. The molecule has 0 aromatic heterocycles. The normalized spacial score (nSPS) is 11.0. The molecule has 8 heteroatoms. The van der Waals surface area contributed by atoms with Crippen LogP contribution in [0.2, 0.25) is 0 Å². The third kappa shape index (κ3) is 6.24. The summed E-state index contributed by atoms with van der Waals surface area (Å²) in [4.78, 5) is 12.3. The number of amides is 1. The van der Waals surface area contributed by atoms with Crippen LogP contribution in [0, 0.1) is 5.82 Å². The number of sulfonamides is 1. The minimum atomic E-state index is -3.88. The number of carbonyl (C=O) groups excluding carboxylic acids is 1. The third-order valence-electron chi connectivity index (χ3n) is 5.12. The number of benzene rings is 4. The average molecular weight is 491 g/mol. The molecule has 0 saturated heterocycles. The van der Waals surface area contributed by atoms with Crippen LogP contribution in [-0.2, 0) is 21.4 Å². The van der Waals surface area contributed by atoms with Crippen molar-refractivity contribution in [3.8, 4) is 5.75 Å². The molecule has 0 aliphatic carbocycles. The molecule has 0 saturated carbocycles. The van der Waals surface area contributed by atoms with Crippen LogP contribution in [0.1, 0.15) is 5.56 Å². The van der Waals surface area contributed by atoms with E-state index in [9.17, 15) is 17.6 Å². The fourth-order valence-corrected chi connectivity index (χ4v) is 4.83. The molecule has 0 aliphatic heterocycles. The van der Waals surface area contributed by atoms with E-state index < -0.39 is 21.7 Å². The minimum Gasteiger partial charge on any atom is -0.484 e. The van der Waals surface area contributed by atoms with Gasteiger partial charge in [0.1, 0.15) is 11.6 Å². The van der Waals surface area contributed by atoms with Gasteiger partial charge in [0.05, 0.1) is 17.1 Å². The molecule has 0 aliphatic rings. The second kappa shape index (κ2) is 10.8. The van der Waals surface area contributed by atoms with Gasteiger partial charge in [-0.2, -0.15) is 0 Å². The summed E-state index contributed by atoms with van der Waals surface area (Å²) >= 11 is 0. The number of hydrogen-bond donors (Lipinski definition) is 1. The molecule has 0 unspecified atom stereocenters. The summed E-state index contributed by atoms with van der Waals surface area (Å²) in [6.45, 7) is -0.100. The first-order chi connectivity index (χ1) is 16.9. The summed E-state index contributed by atoms with van der Waals surface area (Å²) in [5.41, 5.74) is 1.82. The quantitative estimate of drug-likeness (QED) is 0.348. The van der Waals surface area contributed by atoms with Crippen molar-refractivity contribution in [1.29, 1.82) is 0 Å². The molecule has 4 aromatic rings. The summed E-state index contributed by atoms with van der Waals surface area (Å²) in [5.74, 6) is -0.464. The molecule has 178 valence electrons. The Hall–Kier alpha value is -4.17. The summed E-state index contributed by atoms with van der Waals surface area (Å²) in [6.07, 6.45) is 0. The Morgan fingerprint density at radius 2 is 1.40 bits per heavy atom. The van der Waals surface area contributed by atoms with Crippen molar-refractivity contribution in [2.24, 2.45) is 0 Å². The van der Waals surface area contributed by atoms with Gasteiger partial charge in [-0.15, -0.1) is 0 Å². The number of nitrogens with one attached hydrogen (secondary N) is 1. The van der Waals surface area contributed by atoms with Crippen LogP contribution in [0.3, 0.4) is 0 Å². The maximum Gasteiger partial charge on any atom is 0.264 e. The molecule has 0 radical (unpaired) electrons. The van der Waals surface area contributed by atoms with Gasteiger partial charge in [-0.1, -0.05) is 48.5 Å². The molecule has 0 atom stereocenters. The highest BCUT2D eigenvalue weighted by atomic mass is 32.2. The van der Waals surface area contributed by atoms with Gasteiger partial charge >= 0.3 is 0 Å². The Labute approximate surface area is 203 Å². The highest BCUT2D eigenvalue weighted by Gasteiger charge is 2.25. The van der Waals surface area contributed by atoms with Gasteiger partial charge < -0.3 is 10.1 Å². The number of nitrogens with zero attached hydrogens (tertiary/aromatic N) is 1. The number of carbonyl (C=O) groups is 1. The zero-order valence-corrected chi connectivity index (χ0v) is 19.5. The zero-order chi connectivity index (χ0) is 24.7. The number of para-hydroxylation sites is 1. The van der Waals surface area contributed by atoms with Crippen LogP contribution in [0.5, 0.6) is 5.75 Å². The van der Waals surface area contributed by atoms with Gasteiger partial charge in [0.2, 0.25) is 0 Å². The summed E-state index contributed by atoms with van der Waals surface area (Å²) in [5, 5.41) is 2.66. The molecule has 35 heavy (non-hydrogen) atoms. The van der Waals surface area contributed by atoms with Gasteiger partial charge in [0.15, 0.2) is 6.61 Å². The van der Waals surface area contributed by atoms with E-state index in [-0.39, 0.29) is 18.0 Å². The van der Waals surface area contributed by atoms with Crippen LogP contribution < -0.4 is 14.4 Å². The molecular weight excluding hydrogens is 467 g/mol. The van der Waals surface area contributed by atoms with Crippen LogP contribution in [0.15, 0.2) is 114 Å². The monoisotopic (exact) mass is 490 g/mol. The molecule has 1 amide bonds. The SMILES string of the molecule is O=C(COc1ccc(F)cc1)Nc1ccc(S(=O)(=O)N(Cc2ccccc2)c2ccccc2)cc1. The summed E-state index contributed by atoms with van der Waals surface area (Å²) < 4.78 is 46.7. The van der Waals surface area contributed by atoms with Gasteiger partial charge in [-0.05, 0) is 66.2 Å². The molecule has 0 bridgehead atoms. The lowest BCUT2D eigenvalue weighted by atomic mass is 10.2. The van der Waals surface area contributed by atoms with Crippen LogP contribution >= 0.6 is 0 Å². The first-order valence-corrected chi connectivity index (χ1v) is 12.3. The van der Waals surface area contributed by atoms with E-state index >= 15 is 0 Å². The summed E-state index contributed by atoms with van der Waals surface area (Å²) in [7, 11) is -3.88. The van der Waals surface area contributed by atoms with Gasteiger partial charge in [0.25, 0.3) is 15.9 Å². The lowest BCUT2D eigenvalue weighted by molar-refractivity contribution is -0.118. The topological polar surface area (TPSA) is 75.7 Å². The van der Waals surface area contributed by atoms with Crippen molar-refractivity contribution in [1.82, 2.24) is 0 Å². The first-order valence-electron chi connectivity index (χ1n) is 10.8. The Morgan fingerprint density at radius 3 is 2.03 bits per heavy atom. The molecule has 6 nitrogen and oxygen atoms in total. The van der Waals surface area contributed by atoms with Crippen molar-refractivity contribution in [2.75, 3.05) is 16.2 Å². The lowest BCUT2D eigenvalue weighted by Crippen LogP contribution is -2.30. The van der Waals surface area contributed by atoms with E-state index in [4.69, 9.17) is 4.74 Å². The number of halogens is 1. The van der Waals surface area contributed by atoms with E-state index in [1.165, 1.54) is 52.8 Å². The largest absolute Gasteiger partial charge is 0.484 e. The zero-order valence-electron chi connectivity index (χ0n) is 18.7. The third-order valence-corrected chi connectivity index (χ3v) is 6.91. The smallest absolute Gasteiger partial charge is 0.264 e. The molecule has 4 aromatic carbocycles. The Balaban J connectivity index is 1.47. The Kier molecular flexibility index (Phi) is 7.42.